The number of halogens is 1. The maximum atomic E-state index is 11.7. The molecule has 0 bridgehead atoms. The summed E-state index contributed by atoms with van der Waals surface area (Å²) in [6, 6.07) is 5.37. The Balaban J connectivity index is 2.22. The summed E-state index contributed by atoms with van der Waals surface area (Å²) in [5.74, 6) is -0.188. The maximum absolute atomic E-state index is 11.7. The second kappa shape index (κ2) is 3.31. The molecule has 16 heavy (non-hydrogen) atoms. The third-order valence-corrected chi connectivity index (χ3v) is 3.36. The molecule has 0 aliphatic heterocycles. The van der Waals surface area contributed by atoms with Crippen molar-refractivity contribution in [1.29, 1.82) is 0 Å². The van der Waals surface area contributed by atoms with Crippen molar-refractivity contribution in [2.45, 2.75) is 18.9 Å². The molecule has 1 saturated carbocycles. The molecule has 0 N–H and O–H groups in total. The number of Topliss-reactive ketones (excluding diaryl/α,β-unsaturated/α-hetero) is 1. The highest BCUT2D eigenvalue weighted by Gasteiger charge is 2.31. The van der Waals surface area contributed by atoms with Crippen LogP contribution in [0.4, 0.5) is 0 Å². The maximum Gasteiger partial charge on any atom is 0.420 e. The zero-order chi connectivity index (χ0) is 11.3. The number of carbonyl (C=O) groups is 1. The van der Waals surface area contributed by atoms with Crippen LogP contribution in [0.5, 0.6) is 0 Å². The van der Waals surface area contributed by atoms with Crippen molar-refractivity contribution in [2.24, 2.45) is 0 Å². The predicted molar refractivity (Wildman–Crippen MR) is 61.5 cm³/mol. The van der Waals surface area contributed by atoms with E-state index in [1.54, 1.807) is 10.6 Å². The lowest BCUT2D eigenvalue weighted by Crippen LogP contribution is -2.31. The minimum atomic E-state index is -0.384. The summed E-state index contributed by atoms with van der Waals surface area (Å²) >= 11 is 3.35. The van der Waals surface area contributed by atoms with Crippen molar-refractivity contribution in [3.8, 4) is 0 Å². The van der Waals surface area contributed by atoms with Crippen molar-refractivity contribution in [3.05, 3.63) is 33.2 Å². The van der Waals surface area contributed by atoms with Crippen LogP contribution in [0.1, 0.15) is 18.9 Å². The van der Waals surface area contributed by atoms with Gasteiger partial charge in [0.05, 0.1) is 11.6 Å². The van der Waals surface area contributed by atoms with Gasteiger partial charge in [-0.05, 0) is 18.2 Å². The molecule has 0 unspecified atom stereocenters. The van der Waals surface area contributed by atoms with Crippen molar-refractivity contribution in [1.82, 2.24) is 4.57 Å². The molecule has 5 heteroatoms. The molecule has 1 heterocycles. The average molecular weight is 282 g/mol. The lowest BCUT2D eigenvalue weighted by atomic mass is 9.91. The van der Waals surface area contributed by atoms with Gasteiger partial charge < -0.3 is 4.42 Å². The van der Waals surface area contributed by atoms with Crippen LogP contribution in [0.2, 0.25) is 0 Å². The number of ketones is 1. The zero-order valence-electron chi connectivity index (χ0n) is 8.27. The Labute approximate surface area is 99.0 Å². The normalized spacial score (nSPS) is 16.7. The number of nitrogens with zero attached hydrogens (tertiary/aromatic N) is 1. The molecule has 1 aliphatic rings. The third-order valence-electron chi connectivity index (χ3n) is 2.87. The number of carbonyl (C=O) groups excluding carboxylic acids is 1. The Morgan fingerprint density at radius 3 is 2.75 bits per heavy atom. The van der Waals surface area contributed by atoms with E-state index >= 15 is 0 Å². The minimum absolute atomic E-state index is 0.0319. The topological polar surface area (TPSA) is 52.2 Å². The fourth-order valence-electron chi connectivity index (χ4n) is 2.00. The molecule has 82 valence electrons. The fraction of sp³-hybridized carbons (Fsp3) is 0.273. The van der Waals surface area contributed by atoms with Gasteiger partial charge >= 0.3 is 5.76 Å². The number of oxazole rings is 1. The molecular formula is C11H8BrNO3. The summed E-state index contributed by atoms with van der Waals surface area (Å²) in [4.78, 5) is 22.6. The first kappa shape index (κ1) is 9.84. The smallest absolute Gasteiger partial charge is 0.408 e. The molecule has 2 aromatic rings. The second-order valence-electron chi connectivity index (χ2n) is 3.95. The first-order chi connectivity index (χ1) is 7.65. The molecule has 1 aliphatic carbocycles. The van der Waals surface area contributed by atoms with Crippen LogP contribution in [0.3, 0.4) is 0 Å². The van der Waals surface area contributed by atoms with Gasteiger partial charge in [0.2, 0.25) is 0 Å². The summed E-state index contributed by atoms with van der Waals surface area (Å²) in [6.45, 7) is 0. The summed E-state index contributed by atoms with van der Waals surface area (Å²) in [5, 5.41) is 0. The molecule has 4 nitrogen and oxygen atoms in total. The van der Waals surface area contributed by atoms with Crippen molar-refractivity contribution in [3.63, 3.8) is 0 Å². The molecule has 1 fully saturated rings. The molecule has 3 rings (SSSR count). The van der Waals surface area contributed by atoms with Crippen molar-refractivity contribution < 1.29 is 9.21 Å². The Bertz CT molecular complexity index is 632. The fourth-order valence-corrected chi connectivity index (χ4v) is 2.35. The molecule has 1 aromatic heterocycles. The SMILES string of the molecule is O=C1CC(n2c(=O)oc3ccc(Br)cc32)C1. The van der Waals surface area contributed by atoms with E-state index in [9.17, 15) is 9.59 Å². The summed E-state index contributed by atoms with van der Waals surface area (Å²) in [6.07, 6.45) is 0.863. The molecule has 1 aromatic carbocycles. The Hall–Kier alpha value is -1.36. The van der Waals surface area contributed by atoms with Crippen LogP contribution in [-0.2, 0) is 4.79 Å². The second-order valence-corrected chi connectivity index (χ2v) is 4.87. The quantitative estimate of drug-likeness (QED) is 0.806. The monoisotopic (exact) mass is 281 g/mol. The van der Waals surface area contributed by atoms with Crippen molar-refractivity contribution >= 4 is 32.8 Å². The van der Waals surface area contributed by atoms with Crippen LogP contribution in [-0.4, -0.2) is 10.4 Å². The molecular weight excluding hydrogens is 274 g/mol. The van der Waals surface area contributed by atoms with Gasteiger partial charge in [0.1, 0.15) is 5.78 Å². The van der Waals surface area contributed by atoms with Gasteiger partial charge in [0.25, 0.3) is 0 Å². The van der Waals surface area contributed by atoms with Gasteiger partial charge in [0, 0.05) is 17.3 Å². The first-order valence-corrected chi connectivity index (χ1v) is 5.77. The highest BCUT2D eigenvalue weighted by Crippen LogP contribution is 2.31. The molecule has 0 spiro atoms. The van der Waals surface area contributed by atoms with Gasteiger partial charge in [-0.25, -0.2) is 4.79 Å². The lowest BCUT2D eigenvalue weighted by molar-refractivity contribution is -0.126. The Morgan fingerprint density at radius 2 is 2.06 bits per heavy atom. The van der Waals surface area contributed by atoms with Gasteiger partial charge in [-0.2, -0.15) is 0 Å². The van der Waals surface area contributed by atoms with Crippen LogP contribution in [0.25, 0.3) is 11.1 Å². The highest BCUT2D eigenvalue weighted by atomic mass is 79.9. The van der Waals surface area contributed by atoms with Gasteiger partial charge in [-0.3, -0.25) is 9.36 Å². The molecule has 0 radical (unpaired) electrons. The van der Waals surface area contributed by atoms with Crippen LogP contribution < -0.4 is 5.76 Å². The number of aromatic nitrogens is 1. The number of fused-ring (bicyclic) bond motifs is 1. The number of hydrogen-bond donors (Lipinski definition) is 0. The van der Waals surface area contributed by atoms with Crippen molar-refractivity contribution in [2.75, 3.05) is 0 Å². The van der Waals surface area contributed by atoms with Gasteiger partial charge in [0.15, 0.2) is 5.58 Å². The van der Waals surface area contributed by atoms with E-state index in [0.29, 0.717) is 18.4 Å². The summed E-state index contributed by atoms with van der Waals surface area (Å²) < 4.78 is 7.58. The largest absolute Gasteiger partial charge is 0.420 e. The Morgan fingerprint density at radius 1 is 1.31 bits per heavy atom. The third kappa shape index (κ3) is 1.35. The molecule has 0 atom stereocenters. The number of benzene rings is 1. The van der Waals surface area contributed by atoms with E-state index in [1.165, 1.54) is 0 Å². The van der Waals surface area contributed by atoms with Gasteiger partial charge in [-0.15, -0.1) is 0 Å². The standard InChI is InChI=1S/C11H8BrNO3/c12-6-1-2-10-9(3-6)13(11(15)16-10)7-4-8(14)5-7/h1-3,7H,4-5H2. The zero-order valence-corrected chi connectivity index (χ0v) is 9.86. The van der Waals surface area contributed by atoms with E-state index in [0.717, 1.165) is 9.99 Å². The van der Waals surface area contributed by atoms with Crippen LogP contribution >= 0.6 is 15.9 Å². The summed E-state index contributed by atoms with van der Waals surface area (Å²) in [5.41, 5.74) is 1.31. The minimum Gasteiger partial charge on any atom is -0.408 e. The van der Waals surface area contributed by atoms with Gasteiger partial charge in [-0.1, -0.05) is 15.9 Å². The average Bonchev–Trinajstić information content (AvgIpc) is 2.49. The van der Waals surface area contributed by atoms with Crippen LogP contribution in [0.15, 0.2) is 31.9 Å². The lowest BCUT2D eigenvalue weighted by Gasteiger charge is -2.24. The van der Waals surface area contributed by atoms with E-state index in [2.05, 4.69) is 15.9 Å². The van der Waals surface area contributed by atoms with E-state index in [1.807, 2.05) is 12.1 Å². The predicted octanol–water partition coefficient (Wildman–Crippen LogP) is 2.26. The van der Waals surface area contributed by atoms with E-state index in [4.69, 9.17) is 4.42 Å². The van der Waals surface area contributed by atoms with E-state index < -0.39 is 0 Å². The van der Waals surface area contributed by atoms with Crippen LogP contribution in [0, 0.1) is 0 Å². The first-order valence-electron chi connectivity index (χ1n) is 4.97. The Kier molecular flexibility index (Phi) is 2.04. The van der Waals surface area contributed by atoms with E-state index in [-0.39, 0.29) is 17.6 Å². The molecule has 0 saturated heterocycles. The number of rotatable bonds is 1. The summed E-state index contributed by atoms with van der Waals surface area (Å²) in [7, 11) is 0. The number of hydrogen-bond acceptors (Lipinski definition) is 3. The highest BCUT2D eigenvalue weighted by molar-refractivity contribution is 9.10. The molecule has 0 amide bonds.